The summed E-state index contributed by atoms with van der Waals surface area (Å²) in [5.41, 5.74) is 1.21. The molecule has 29 heavy (non-hydrogen) atoms. The quantitative estimate of drug-likeness (QED) is 0.517. The molecule has 0 atom stereocenters. The molecular formula is C21H16N2O5S. The summed E-state index contributed by atoms with van der Waals surface area (Å²) in [6.07, 6.45) is 1.14. The molecule has 0 spiro atoms. The standard InChI is InChI=1S/C21H16N2O5S/c1-26-14-7-8-15-19(9-14)29-21(22-15)23-20(25)17-10-16(24)18(12-28-17)27-11-13-5-3-2-4-6-13/h2-10,12H,11H2,1H3,(H,22,23,25). The lowest BCUT2D eigenvalue weighted by atomic mass is 10.2. The van der Waals surface area contributed by atoms with Crippen molar-refractivity contribution in [3.63, 3.8) is 0 Å². The first-order chi connectivity index (χ1) is 14.1. The highest BCUT2D eigenvalue weighted by molar-refractivity contribution is 7.22. The predicted molar refractivity (Wildman–Crippen MR) is 110 cm³/mol. The number of nitrogens with one attached hydrogen (secondary N) is 1. The Morgan fingerprint density at radius 2 is 2.00 bits per heavy atom. The minimum Gasteiger partial charge on any atom is -0.497 e. The number of amides is 1. The average Bonchev–Trinajstić information content (AvgIpc) is 3.14. The van der Waals surface area contributed by atoms with E-state index in [-0.39, 0.29) is 18.1 Å². The molecule has 1 N–H and O–H groups in total. The van der Waals surface area contributed by atoms with Crippen LogP contribution in [0, 0.1) is 0 Å². The van der Waals surface area contributed by atoms with Crippen molar-refractivity contribution in [3.8, 4) is 11.5 Å². The number of carbonyl (C=O) groups is 1. The molecule has 0 aliphatic heterocycles. The van der Waals surface area contributed by atoms with Crippen molar-refractivity contribution in [2.45, 2.75) is 6.61 Å². The highest BCUT2D eigenvalue weighted by Crippen LogP contribution is 2.29. The molecule has 0 aliphatic rings. The van der Waals surface area contributed by atoms with Gasteiger partial charge in [0, 0.05) is 6.07 Å². The number of hydrogen-bond acceptors (Lipinski definition) is 7. The van der Waals surface area contributed by atoms with Crippen LogP contribution in [0.25, 0.3) is 10.2 Å². The number of fused-ring (bicyclic) bond motifs is 1. The van der Waals surface area contributed by atoms with Crippen LogP contribution in [0.15, 0.2) is 70.1 Å². The van der Waals surface area contributed by atoms with Crippen molar-refractivity contribution in [1.29, 1.82) is 0 Å². The normalized spacial score (nSPS) is 10.7. The smallest absolute Gasteiger partial charge is 0.293 e. The summed E-state index contributed by atoms with van der Waals surface area (Å²) >= 11 is 1.30. The number of benzene rings is 2. The third-order valence-corrected chi connectivity index (χ3v) is 5.01. The first-order valence-corrected chi connectivity index (χ1v) is 9.49. The Bertz CT molecular complexity index is 1220. The topological polar surface area (TPSA) is 90.7 Å². The zero-order valence-corrected chi connectivity index (χ0v) is 16.2. The van der Waals surface area contributed by atoms with Crippen molar-refractivity contribution in [1.82, 2.24) is 4.98 Å². The van der Waals surface area contributed by atoms with Crippen LogP contribution in [-0.4, -0.2) is 18.0 Å². The number of methoxy groups -OCH3 is 1. The van der Waals surface area contributed by atoms with Gasteiger partial charge in [-0.15, -0.1) is 0 Å². The molecule has 0 bridgehead atoms. The van der Waals surface area contributed by atoms with E-state index in [2.05, 4.69) is 10.3 Å². The first kappa shape index (κ1) is 18.7. The van der Waals surface area contributed by atoms with Crippen molar-refractivity contribution in [3.05, 3.63) is 82.4 Å². The third kappa shape index (κ3) is 4.27. The molecule has 0 radical (unpaired) electrons. The third-order valence-electron chi connectivity index (χ3n) is 4.07. The van der Waals surface area contributed by atoms with Gasteiger partial charge in [-0.1, -0.05) is 41.7 Å². The van der Waals surface area contributed by atoms with E-state index in [1.807, 2.05) is 36.4 Å². The summed E-state index contributed by atoms with van der Waals surface area (Å²) in [6, 6.07) is 16.0. The lowest BCUT2D eigenvalue weighted by Crippen LogP contribution is -2.15. The minimum absolute atomic E-state index is 0.0393. The summed E-state index contributed by atoms with van der Waals surface area (Å²) in [5.74, 6) is 0.0511. The summed E-state index contributed by atoms with van der Waals surface area (Å²) in [6.45, 7) is 0.228. The van der Waals surface area contributed by atoms with Crippen molar-refractivity contribution >= 4 is 32.6 Å². The molecule has 0 saturated carbocycles. The average molecular weight is 408 g/mol. The van der Waals surface area contributed by atoms with Gasteiger partial charge in [-0.2, -0.15) is 0 Å². The van der Waals surface area contributed by atoms with Crippen LogP contribution in [0.2, 0.25) is 0 Å². The Kier molecular flexibility index (Phi) is 5.26. The number of rotatable bonds is 6. The van der Waals surface area contributed by atoms with E-state index in [1.165, 1.54) is 11.3 Å². The van der Waals surface area contributed by atoms with Crippen LogP contribution in [0.1, 0.15) is 16.1 Å². The maximum atomic E-state index is 12.4. The molecule has 0 fully saturated rings. The summed E-state index contributed by atoms with van der Waals surface area (Å²) in [5, 5.41) is 3.04. The molecule has 2 heterocycles. The number of anilines is 1. The maximum Gasteiger partial charge on any atom is 0.293 e. The maximum absolute atomic E-state index is 12.4. The van der Waals surface area contributed by atoms with Gasteiger partial charge in [-0.25, -0.2) is 4.98 Å². The number of aromatic nitrogens is 1. The number of thiazole rings is 1. The molecule has 146 valence electrons. The molecule has 0 unspecified atom stereocenters. The fourth-order valence-electron chi connectivity index (χ4n) is 2.60. The number of ether oxygens (including phenoxy) is 2. The lowest BCUT2D eigenvalue weighted by molar-refractivity contribution is 0.0993. The SMILES string of the molecule is COc1ccc2nc(NC(=O)c3cc(=O)c(OCc4ccccc4)co3)sc2c1. The fraction of sp³-hybridized carbons (Fsp3) is 0.0952. The van der Waals surface area contributed by atoms with Gasteiger partial charge < -0.3 is 13.9 Å². The highest BCUT2D eigenvalue weighted by Gasteiger charge is 2.15. The largest absolute Gasteiger partial charge is 0.497 e. The van der Waals surface area contributed by atoms with Crippen LogP contribution in [0.4, 0.5) is 5.13 Å². The van der Waals surface area contributed by atoms with E-state index < -0.39 is 11.3 Å². The fourth-order valence-corrected chi connectivity index (χ4v) is 3.49. The first-order valence-electron chi connectivity index (χ1n) is 8.68. The lowest BCUT2D eigenvalue weighted by Gasteiger charge is -2.06. The zero-order chi connectivity index (χ0) is 20.2. The van der Waals surface area contributed by atoms with Gasteiger partial charge in [0.1, 0.15) is 18.6 Å². The van der Waals surface area contributed by atoms with Gasteiger partial charge in [-0.05, 0) is 23.8 Å². The van der Waals surface area contributed by atoms with Crippen molar-refractivity contribution in [2.75, 3.05) is 12.4 Å². The Hall–Kier alpha value is -3.65. The van der Waals surface area contributed by atoms with Crippen LogP contribution in [-0.2, 0) is 6.61 Å². The highest BCUT2D eigenvalue weighted by atomic mass is 32.1. The van der Waals surface area contributed by atoms with E-state index in [1.54, 1.807) is 19.2 Å². The second kappa shape index (κ2) is 8.15. The van der Waals surface area contributed by atoms with E-state index in [0.29, 0.717) is 10.9 Å². The van der Waals surface area contributed by atoms with E-state index in [0.717, 1.165) is 28.1 Å². The molecule has 2 aromatic carbocycles. The van der Waals surface area contributed by atoms with Gasteiger partial charge in [0.25, 0.3) is 5.91 Å². The predicted octanol–water partition coefficient (Wildman–Crippen LogP) is 4.09. The van der Waals surface area contributed by atoms with Gasteiger partial charge >= 0.3 is 0 Å². The molecule has 4 aromatic rings. The van der Waals surface area contributed by atoms with Crippen molar-refractivity contribution in [2.24, 2.45) is 0 Å². The second-order valence-electron chi connectivity index (χ2n) is 6.05. The van der Waals surface area contributed by atoms with Crippen LogP contribution in [0.5, 0.6) is 11.5 Å². The molecule has 4 rings (SSSR count). The summed E-state index contributed by atoms with van der Waals surface area (Å²) in [7, 11) is 1.58. The van der Waals surface area contributed by atoms with Crippen LogP contribution in [0.3, 0.4) is 0 Å². The van der Waals surface area contributed by atoms with E-state index >= 15 is 0 Å². The number of carbonyl (C=O) groups excluding carboxylic acids is 1. The number of nitrogens with zero attached hydrogens (tertiary/aromatic N) is 1. The zero-order valence-electron chi connectivity index (χ0n) is 15.4. The monoisotopic (exact) mass is 408 g/mol. The van der Waals surface area contributed by atoms with Crippen LogP contribution < -0.4 is 20.2 Å². The summed E-state index contributed by atoms with van der Waals surface area (Å²) < 4.78 is 16.8. The Morgan fingerprint density at radius 3 is 2.76 bits per heavy atom. The Labute approximate surface area is 169 Å². The van der Waals surface area contributed by atoms with E-state index in [9.17, 15) is 9.59 Å². The van der Waals surface area contributed by atoms with Gasteiger partial charge in [-0.3, -0.25) is 14.9 Å². The van der Waals surface area contributed by atoms with Gasteiger partial charge in [0.05, 0.1) is 17.3 Å². The van der Waals surface area contributed by atoms with Crippen LogP contribution >= 0.6 is 11.3 Å². The molecule has 0 saturated heterocycles. The Balaban J connectivity index is 1.46. The molecule has 2 aromatic heterocycles. The van der Waals surface area contributed by atoms with E-state index in [4.69, 9.17) is 13.9 Å². The minimum atomic E-state index is -0.567. The van der Waals surface area contributed by atoms with Gasteiger partial charge in [0.15, 0.2) is 10.9 Å². The molecule has 1 amide bonds. The van der Waals surface area contributed by atoms with Crippen molar-refractivity contribution < 1.29 is 18.7 Å². The number of hydrogen-bond donors (Lipinski definition) is 1. The summed E-state index contributed by atoms with van der Waals surface area (Å²) in [4.78, 5) is 29.0. The Morgan fingerprint density at radius 1 is 1.17 bits per heavy atom. The molecule has 0 aliphatic carbocycles. The second-order valence-corrected chi connectivity index (χ2v) is 7.08. The van der Waals surface area contributed by atoms with Gasteiger partial charge in [0.2, 0.25) is 11.2 Å². The molecule has 8 heteroatoms. The molecule has 7 nitrogen and oxygen atoms in total. The molecular weight excluding hydrogens is 392 g/mol.